The minimum Gasteiger partial charge on any atom is -0.374 e. The molecule has 24 heavy (non-hydrogen) atoms. The van der Waals surface area contributed by atoms with Gasteiger partial charge in [0, 0.05) is 26.7 Å². The van der Waals surface area contributed by atoms with E-state index in [2.05, 4.69) is 5.32 Å². The standard InChI is InChI=1S/C14H26N4O5S/c1-10(2)15-14(20)17-7-11-12(8-17)23-5-6-24(21,22)18(11)9-13(19)16(3)4/h10-12H,5-9H2,1-4H3,(H,15,20)/t11-,12+/m1/s1. The van der Waals surface area contributed by atoms with Crippen LogP contribution in [0.5, 0.6) is 0 Å². The van der Waals surface area contributed by atoms with Crippen molar-refractivity contribution in [1.29, 1.82) is 0 Å². The molecule has 10 heteroatoms. The molecule has 9 nitrogen and oxygen atoms in total. The fourth-order valence-electron chi connectivity index (χ4n) is 2.82. The summed E-state index contributed by atoms with van der Waals surface area (Å²) < 4.78 is 31.9. The molecule has 3 amide bonds. The minimum atomic E-state index is -3.61. The van der Waals surface area contributed by atoms with Crippen molar-refractivity contribution in [2.45, 2.75) is 32.0 Å². The predicted molar refractivity (Wildman–Crippen MR) is 88.0 cm³/mol. The van der Waals surface area contributed by atoms with Crippen LogP contribution in [-0.2, 0) is 19.6 Å². The van der Waals surface area contributed by atoms with Gasteiger partial charge in [0.2, 0.25) is 15.9 Å². The number of ether oxygens (including phenoxy) is 1. The van der Waals surface area contributed by atoms with E-state index < -0.39 is 22.2 Å². The number of urea groups is 1. The van der Waals surface area contributed by atoms with Gasteiger partial charge in [-0.05, 0) is 13.8 Å². The van der Waals surface area contributed by atoms with Gasteiger partial charge in [-0.15, -0.1) is 0 Å². The average Bonchev–Trinajstić information content (AvgIpc) is 2.82. The van der Waals surface area contributed by atoms with Gasteiger partial charge >= 0.3 is 6.03 Å². The lowest BCUT2D eigenvalue weighted by Crippen LogP contribution is -2.50. The molecule has 0 saturated carbocycles. The molecule has 2 saturated heterocycles. The van der Waals surface area contributed by atoms with Gasteiger partial charge in [0.15, 0.2) is 0 Å². The Balaban J connectivity index is 2.20. The summed E-state index contributed by atoms with van der Waals surface area (Å²) in [6, 6.07) is -0.809. The highest BCUT2D eigenvalue weighted by Gasteiger charge is 2.46. The van der Waals surface area contributed by atoms with E-state index in [0.29, 0.717) is 6.54 Å². The molecule has 0 unspecified atom stereocenters. The van der Waals surface area contributed by atoms with E-state index in [1.165, 1.54) is 9.21 Å². The molecule has 0 radical (unpaired) electrons. The number of amides is 3. The van der Waals surface area contributed by atoms with Crippen LogP contribution in [-0.4, -0.2) is 98.7 Å². The van der Waals surface area contributed by atoms with Crippen molar-refractivity contribution in [2.75, 3.05) is 46.1 Å². The zero-order chi connectivity index (χ0) is 18.1. The molecule has 2 aliphatic heterocycles. The van der Waals surface area contributed by atoms with Gasteiger partial charge in [-0.2, -0.15) is 4.31 Å². The molecule has 0 aliphatic carbocycles. The third-order valence-electron chi connectivity index (χ3n) is 4.13. The second-order valence-corrected chi connectivity index (χ2v) is 8.68. The van der Waals surface area contributed by atoms with Crippen LogP contribution in [0.4, 0.5) is 4.79 Å². The van der Waals surface area contributed by atoms with Crippen LogP contribution < -0.4 is 5.32 Å². The maximum atomic E-state index is 12.5. The van der Waals surface area contributed by atoms with Crippen LogP contribution in [0.15, 0.2) is 0 Å². The zero-order valence-electron chi connectivity index (χ0n) is 14.6. The number of rotatable bonds is 3. The second-order valence-electron chi connectivity index (χ2n) is 6.64. The fourth-order valence-corrected chi connectivity index (χ4v) is 4.28. The van der Waals surface area contributed by atoms with Gasteiger partial charge < -0.3 is 19.9 Å². The third-order valence-corrected chi connectivity index (χ3v) is 5.92. The Bertz CT molecular complexity index is 592. The van der Waals surface area contributed by atoms with Crippen LogP contribution in [0.25, 0.3) is 0 Å². The first-order chi connectivity index (χ1) is 11.1. The van der Waals surface area contributed by atoms with Gasteiger partial charge in [0.25, 0.3) is 0 Å². The maximum Gasteiger partial charge on any atom is 0.317 e. The first-order valence-corrected chi connectivity index (χ1v) is 9.59. The summed E-state index contributed by atoms with van der Waals surface area (Å²) >= 11 is 0. The zero-order valence-corrected chi connectivity index (χ0v) is 15.4. The van der Waals surface area contributed by atoms with Crippen LogP contribution in [0.3, 0.4) is 0 Å². The van der Waals surface area contributed by atoms with E-state index in [4.69, 9.17) is 4.74 Å². The molecule has 138 valence electrons. The van der Waals surface area contributed by atoms with E-state index in [0.717, 1.165) is 0 Å². The van der Waals surface area contributed by atoms with Gasteiger partial charge in [0.1, 0.15) is 0 Å². The van der Waals surface area contributed by atoms with Crippen molar-refractivity contribution in [1.82, 2.24) is 19.4 Å². The maximum absolute atomic E-state index is 12.5. The van der Waals surface area contributed by atoms with Crippen LogP contribution >= 0.6 is 0 Å². The van der Waals surface area contributed by atoms with Crippen molar-refractivity contribution in [3.63, 3.8) is 0 Å². The lowest BCUT2D eigenvalue weighted by atomic mass is 10.2. The highest BCUT2D eigenvalue weighted by Crippen LogP contribution is 2.25. The Hall–Kier alpha value is -1.39. The monoisotopic (exact) mass is 362 g/mol. The molecule has 0 aromatic heterocycles. The molecule has 0 bridgehead atoms. The summed E-state index contributed by atoms with van der Waals surface area (Å²) in [5.74, 6) is -0.455. The van der Waals surface area contributed by atoms with E-state index >= 15 is 0 Å². The molecule has 2 aliphatic rings. The van der Waals surface area contributed by atoms with Crippen molar-refractivity contribution in [3.8, 4) is 0 Å². The van der Waals surface area contributed by atoms with E-state index in [1.807, 2.05) is 13.8 Å². The highest BCUT2D eigenvalue weighted by molar-refractivity contribution is 7.89. The van der Waals surface area contributed by atoms with Crippen LogP contribution in [0.1, 0.15) is 13.8 Å². The number of nitrogens with one attached hydrogen (secondary N) is 1. The highest BCUT2D eigenvalue weighted by atomic mass is 32.2. The Labute approximate surface area is 142 Å². The predicted octanol–water partition coefficient (Wildman–Crippen LogP) is -1.09. The Kier molecular flexibility index (Phi) is 5.71. The molecular formula is C14H26N4O5S. The van der Waals surface area contributed by atoms with Crippen LogP contribution in [0, 0.1) is 0 Å². The third kappa shape index (κ3) is 4.17. The minimum absolute atomic E-state index is 0.0148. The SMILES string of the molecule is CC(C)NC(=O)N1C[C@@H]2OCCS(=O)(=O)N(CC(=O)N(C)C)[C@@H]2C1. The van der Waals surface area contributed by atoms with Gasteiger partial charge in [-0.25, -0.2) is 13.2 Å². The topological polar surface area (TPSA) is 99.3 Å². The van der Waals surface area contributed by atoms with Crippen molar-refractivity contribution in [2.24, 2.45) is 0 Å². The Morgan fingerprint density at radius 3 is 2.54 bits per heavy atom. The summed E-state index contributed by atoms with van der Waals surface area (Å²) in [6.45, 7) is 4.06. The summed E-state index contributed by atoms with van der Waals surface area (Å²) in [5, 5.41) is 2.79. The molecule has 2 rings (SSSR count). The molecule has 2 atom stereocenters. The molecule has 0 aromatic carbocycles. The molecule has 0 spiro atoms. The number of carbonyl (C=O) groups excluding carboxylic acids is 2. The number of hydrogen-bond donors (Lipinski definition) is 1. The summed E-state index contributed by atoms with van der Waals surface area (Å²) in [5.41, 5.74) is 0. The quantitative estimate of drug-likeness (QED) is 0.688. The number of likely N-dealkylation sites (tertiary alicyclic amines) is 1. The first-order valence-electron chi connectivity index (χ1n) is 7.98. The van der Waals surface area contributed by atoms with E-state index in [9.17, 15) is 18.0 Å². The van der Waals surface area contributed by atoms with Crippen molar-refractivity contribution < 1.29 is 22.7 Å². The number of carbonyl (C=O) groups is 2. The number of hydrogen-bond acceptors (Lipinski definition) is 5. The largest absolute Gasteiger partial charge is 0.374 e. The van der Waals surface area contributed by atoms with Crippen molar-refractivity contribution in [3.05, 3.63) is 0 Å². The number of nitrogens with zero attached hydrogens (tertiary/aromatic N) is 3. The Morgan fingerprint density at radius 2 is 1.96 bits per heavy atom. The molecule has 0 aromatic rings. The van der Waals surface area contributed by atoms with Gasteiger partial charge in [-0.1, -0.05) is 0 Å². The average molecular weight is 362 g/mol. The Morgan fingerprint density at radius 1 is 1.29 bits per heavy atom. The lowest BCUT2D eigenvalue weighted by molar-refractivity contribution is -0.129. The second kappa shape index (κ2) is 7.24. The lowest BCUT2D eigenvalue weighted by Gasteiger charge is -2.28. The summed E-state index contributed by atoms with van der Waals surface area (Å²) in [6.07, 6.45) is -0.421. The summed E-state index contributed by atoms with van der Waals surface area (Å²) in [7, 11) is -0.450. The number of sulfonamides is 1. The van der Waals surface area contributed by atoms with E-state index in [-0.39, 0.29) is 43.4 Å². The smallest absolute Gasteiger partial charge is 0.317 e. The van der Waals surface area contributed by atoms with Gasteiger partial charge in [-0.3, -0.25) is 4.79 Å². The molecule has 2 fully saturated rings. The van der Waals surface area contributed by atoms with E-state index in [1.54, 1.807) is 19.0 Å². The molecule has 2 heterocycles. The normalized spacial score (nSPS) is 26.8. The molecule has 1 N–H and O–H groups in total. The first kappa shape index (κ1) is 18.9. The summed E-state index contributed by atoms with van der Waals surface area (Å²) in [4.78, 5) is 27.1. The number of fused-ring (bicyclic) bond motifs is 1. The fraction of sp³-hybridized carbons (Fsp3) is 0.857. The van der Waals surface area contributed by atoms with Gasteiger partial charge in [0.05, 0.1) is 37.6 Å². The molecular weight excluding hydrogens is 336 g/mol. The number of likely N-dealkylation sites (N-methyl/N-ethyl adjacent to an activating group) is 1. The van der Waals surface area contributed by atoms with Crippen LogP contribution in [0.2, 0.25) is 0 Å². The van der Waals surface area contributed by atoms with Crippen molar-refractivity contribution >= 4 is 22.0 Å².